The van der Waals surface area contributed by atoms with E-state index >= 15 is 0 Å². The molecule has 17 heavy (non-hydrogen) atoms. The third kappa shape index (κ3) is 2.18. The molecule has 0 aliphatic carbocycles. The van der Waals surface area contributed by atoms with E-state index in [9.17, 15) is 0 Å². The van der Waals surface area contributed by atoms with Gasteiger partial charge in [-0.1, -0.05) is 11.3 Å². The van der Waals surface area contributed by atoms with E-state index in [1.807, 2.05) is 0 Å². The largest absolute Gasteiger partial charge is 0.158 e. The molecular weight excluding hydrogens is 268 g/mol. The Balaban J connectivity index is 1.98. The van der Waals surface area contributed by atoms with E-state index in [-0.39, 0.29) is 0 Å². The fourth-order valence-electron chi connectivity index (χ4n) is 1.52. The van der Waals surface area contributed by atoms with Gasteiger partial charge >= 0.3 is 0 Å². The molecule has 0 fully saturated rings. The summed E-state index contributed by atoms with van der Waals surface area (Å²) >= 11 is 5.20. The van der Waals surface area contributed by atoms with Gasteiger partial charge in [-0.3, -0.25) is 0 Å². The lowest BCUT2D eigenvalue weighted by molar-refractivity contribution is 1.11. The van der Waals surface area contributed by atoms with E-state index in [0.29, 0.717) is 0 Å². The molecule has 0 aromatic carbocycles. The first kappa shape index (κ1) is 11.1. The van der Waals surface area contributed by atoms with Crippen molar-refractivity contribution < 1.29 is 0 Å². The van der Waals surface area contributed by atoms with Gasteiger partial charge in [0.15, 0.2) is 10.0 Å². The van der Waals surface area contributed by atoms with Crippen molar-refractivity contribution in [2.45, 2.75) is 13.8 Å². The number of hydrogen-bond donors (Lipinski definition) is 0. The highest BCUT2D eigenvalue weighted by molar-refractivity contribution is 7.25. The average molecular weight is 278 g/mol. The second kappa shape index (κ2) is 4.33. The molecule has 0 radical (unpaired) electrons. The highest BCUT2D eigenvalue weighted by Crippen LogP contribution is 2.35. The number of nitrogens with zero attached hydrogens (tertiary/aromatic N) is 2. The summed E-state index contributed by atoms with van der Waals surface area (Å²) in [6.07, 6.45) is 0. The van der Waals surface area contributed by atoms with Gasteiger partial charge in [0.1, 0.15) is 0 Å². The Kier molecular flexibility index (Phi) is 2.82. The van der Waals surface area contributed by atoms with Crippen molar-refractivity contribution in [3.63, 3.8) is 0 Å². The molecule has 2 nitrogen and oxygen atoms in total. The van der Waals surface area contributed by atoms with Gasteiger partial charge < -0.3 is 0 Å². The molecular formula is C12H10N2S3. The zero-order chi connectivity index (χ0) is 11.8. The Bertz CT molecular complexity index is 593. The fraction of sp³-hybridized carbons (Fsp3) is 0.167. The van der Waals surface area contributed by atoms with Crippen molar-refractivity contribution in [2.24, 2.45) is 0 Å². The topological polar surface area (TPSA) is 25.8 Å². The third-order valence-corrected chi connectivity index (χ3v) is 5.59. The van der Waals surface area contributed by atoms with Crippen molar-refractivity contribution in [1.29, 1.82) is 0 Å². The first-order chi connectivity index (χ1) is 8.22. The maximum Gasteiger partial charge on any atom is 0.158 e. The molecule has 0 saturated heterocycles. The summed E-state index contributed by atoms with van der Waals surface area (Å²) in [7, 11) is 0. The Morgan fingerprint density at radius 3 is 1.53 bits per heavy atom. The zero-order valence-corrected chi connectivity index (χ0v) is 11.9. The second-order valence-electron chi connectivity index (χ2n) is 3.73. The first-order valence-corrected chi connectivity index (χ1v) is 7.64. The molecule has 0 aliphatic rings. The lowest BCUT2D eigenvalue weighted by Crippen LogP contribution is -1.71. The highest BCUT2D eigenvalue weighted by Gasteiger charge is 2.11. The number of aromatic nitrogens is 2. The molecule has 3 rings (SSSR count). The van der Waals surface area contributed by atoms with Gasteiger partial charge in [-0.15, -0.1) is 32.9 Å². The average Bonchev–Trinajstić information content (AvgIpc) is 2.96. The van der Waals surface area contributed by atoms with Gasteiger partial charge in [0.25, 0.3) is 0 Å². The predicted octanol–water partition coefficient (Wildman–Crippen LogP) is 4.61. The molecule has 0 atom stereocenters. The summed E-state index contributed by atoms with van der Waals surface area (Å²) in [5.74, 6) is 0. The number of rotatable bonds is 2. The third-order valence-electron chi connectivity index (χ3n) is 2.33. The summed E-state index contributed by atoms with van der Waals surface area (Å²) in [4.78, 5) is 5.03. The monoisotopic (exact) mass is 278 g/mol. The molecule has 5 heteroatoms. The van der Waals surface area contributed by atoms with Crippen LogP contribution >= 0.6 is 34.0 Å². The highest BCUT2D eigenvalue weighted by atomic mass is 32.1. The maximum atomic E-state index is 4.27. The molecule has 0 amide bonds. The van der Waals surface area contributed by atoms with Crippen molar-refractivity contribution >= 4 is 34.0 Å². The van der Waals surface area contributed by atoms with Crippen molar-refractivity contribution in [1.82, 2.24) is 10.2 Å². The molecule has 3 heterocycles. The van der Waals surface area contributed by atoms with Gasteiger partial charge in [0.2, 0.25) is 0 Å². The molecule has 0 saturated carbocycles. The predicted molar refractivity (Wildman–Crippen MR) is 76.0 cm³/mol. The normalized spacial score (nSPS) is 10.9. The van der Waals surface area contributed by atoms with E-state index in [1.54, 1.807) is 34.0 Å². The van der Waals surface area contributed by atoms with Crippen molar-refractivity contribution in [2.75, 3.05) is 0 Å². The Morgan fingerprint density at radius 2 is 1.18 bits per heavy atom. The van der Waals surface area contributed by atoms with Crippen LogP contribution in [0.5, 0.6) is 0 Å². The summed E-state index contributed by atoms with van der Waals surface area (Å²) in [5.41, 5.74) is 0. The van der Waals surface area contributed by atoms with Crippen LogP contribution in [0.15, 0.2) is 24.3 Å². The van der Waals surface area contributed by atoms with Crippen molar-refractivity contribution in [3.05, 3.63) is 34.0 Å². The summed E-state index contributed by atoms with van der Waals surface area (Å²) in [6.45, 7) is 4.22. The molecule has 0 spiro atoms. The molecule has 0 unspecified atom stereocenters. The molecule has 3 aromatic heterocycles. The Morgan fingerprint density at radius 1 is 0.706 bits per heavy atom. The van der Waals surface area contributed by atoms with Crippen LogP contribution in [-0.4, -0.2) is 10.2 Å². The van der Waals surface area contributed by atoms with E-state index in [2.05, 4.69) is 48.3 Å². The molecule has 0 N–H and O–H groups in total. The fourth-order valence-corrected chi connectivity index (χ4v) is 4.20. The Hall–Kier alpha value is -1.04. The van der Waals surface area contributed by atoms with E-state index in [1.165, 1.54) is 19.5 Å². The Labute approximate surface area is 112 Å². The quantitative estimate of drug-likeness (QED) is 0.684. The van der Waals surface area contributed by atoms with Gasteiger partial charge in [-0.25, -0.2) is 0 Å². The van der Waals surface area contributed by atoms with Crippen molar-refractivity contribution in [3.8, 4) is 19.8 Å². The summed E-state index contributed by atoms with van der Waals surface area (Å²) in [5, 5.41) is 10.6. The minimum atomic E-state index is 1.02. The van der Waals surface area contributed by atoms with Gasteiger partial charge in [-0.2, -0.15) is 0 Å². The minimum absolute atomic E-state index is 1.02. The van der Waals surface area contributed by atoms with Crippen LogP contribution in [0.25, 0.3) is 19.8 Å². The van der Waals surface area contributed by atoms with Gasteiger partial charge in [0.05, 0.1) is 9.75 Å². The maximum absolute atomic E-state index is 4.27. The second-order valence-corrected chi connectivity index (χ2v) is 7.29. The van der Waals surface area contributed by atoms with Gasteiger partial charge in [-0.05, 0) is 38.1 Å². The van der Waals surface area contributed by atoms with Crippen LogP contribution in [0.2, 0.25) is 0 Å². The molecule has 3 aromatic rings. The van der Waals surface area contributed by atoms with Crippen LogP contribution in [0, 0.1) is 13.8 Å². The smallest absolute Gasteiger partial charge is 0.138 e. The number of aryl methyl sites for hydroxylation is 2. The molecule has 0 bridgehead atoms. The standard InChI is InChI=1S/C12H10N2S3/c1-7-3-5-9(15-7)11-13-14-12(17-11)10-6-4-8(2)16-10/h3-6H,1-2H3. The minimum Gasteiger partial charge on any atom is -0.138 e. The summed E-state index contributed by atoms with van der Waals surface area (Å²) in [6, 6.07) is 8.47. The van der Waals surface area contributed by atoms with Crippen LogP contribution < -0.4 is 0 Å². The lowest BCUT2D eigenvalue weighted by atomic mass is 10.4. The number of hydrogen-bond acceptors (Lipinski definition) is 5. The molecule has 0 aliphatic heterocycles. The van der Waals surface area contributed by atoms with Gasteiger partial charge in [0, 0.05) is 9.75 Å². The van der Waals surface area contributed by atoms with Crippen LogP contribution in [-0.2, 0) is 0 Å². The lowest BCUT2D eigenvalue weighted by Gasteiger charge is -1.86. The van der Waals surface area contributed by atoms with Crippen LogP contribution in [0.4, 0.5) is 0 Å². The number of thiophene rings is 2. The zero-order valence-electron chi connectivity index (χ0n) is 9.43. The first-order valence-electron chi connectivity index (χ1n) is 5.19. The van der Waals surface area contributed by atoms with E-state index in [0.717, 1.165) is 10.0 Å². The van der Waals surface area contributed by atoms with E-state index in [4.69, 9.17) is 0 Å². The SMILES string of the molecule is Cc1ccc(-c2nnc(-c3ccc(C)s3)s2)s1. The van der Waals surface area contributed by atoms with Crippen LogP contribution in [0.1, 0.15) is 9.75 Å². The summed E-state index contributed by atoms with van der Waals surface area (Å²) < 4.78 is 0. The molecule has 86 valence electrons. The van der Waals surface area contributed by atoms with E-state index < -0.39 is 0 Å². The van der Waals surface area contributed by atoms with Crippen LogP contribution in [0.3, 0.4) is 0 Å².